The van der Waals surface area contributed by atoms with Gasteiger partial charge in [0.15, 0.2) is 11.4 Å². The maximum Gasteiger partial charge on any atom is 0.276 e. The number of amides is 2. The van der Waals surface area contributed by atoms with Gasteiger partial charge in [-0.15, -0.1) is 0 Å². The topological polar surface area (TPSA) is 109 Å². The molecule has 1 aromatic carbocycles. The van der Waals surface area contributed by atoms with Gasteiger partial charge in [-0.25, -0.2) is 4.98 Å². The van der Waals surface area contributed by atoms with Crippen molar-refractivity contribution in [2.24, 2.45) is 5.92 Å². The average molecular weight is 379 g/mol. The third-order valence-electron chi connectivity index (χ3n) is 4.85. The molecule has 8 nitrogen and oxygen atoms in total. The van der Waals surface area contributed by atoms with Gasteiger partial charge in [0.25, 0.3) is 11.8 Å². The molecule has 1 aliphatic rings. The van der Waals surface area contributed by atoms with Crippen molar-refractivity contribution in [3.8, 4) is 0 Å². The Morgan fingerprint density at radius 1 is 1.07 bits per heavy atom. The van der Waals surface area contributed by atoms with Crippen molar-refractivity contribution in [2.45, 2.75) is 12.8 Å². The van der Waals surface area contributed by atoms with Gasteiger partial charge < -0.3 is 15.4 Å². The van der Waals surface area contributed by atoms with Crippen molar-refractivity contribution in [2.75, 3.05) is 25.1 Å². The highest BCUT2D eigenvalue weighted by Crippen LogP contribution is 2.19. The van der Waals surface area contributed by atoms with Crippen LogP contribution in [0.25, 0.3) is 10.9 Å². The lowest BCUT2D eigenvalue weighted by Gasteiger charge is -2.22. The van der Waals surface area contributed by atoms with E-state index in [0.29, 0.717) is 18.2 Å². The van der Waals surface area contributed by atoms with Crippen molar-refractivity contribution in [1.29, 1.82) is 0 Å². The fourth-order valence-electron chi connectivity index (χ4n) is 3.28. The molecule has 3 heterocycles. The van der Waals surface area contributed by atoms with E-state index >= 15 is 0 Å². The first-order chi connectivity index (χ1) is 13.7. The third-order valence-corrected chi connectivity index (χ3v) is 4.85. The van der Waals surface area contributed by atoms with Crippen molar-refractivity contribution >= 4 is 28.4 Å². The molecule has 2 amide bonds. The van der Waals surface area contributed by atoms with Gasteiger partial charge in [-0.2, -0.15) is 5.10 Å². The van der Waals surface area contributed by atoms with Gasteiger partial charge in [-0.1, -0.05) is 18.2 Å². The first kappa shape index (κ1) is 18.1. The van der Waals surface area contributed by atoms with E-state index in [9.17, 15) is 9.59 Å². The predicted molar refractivity (Wildman–Crippen MR) is 104 cm³/mol. The van der Waals surface area contributed by atoms with Crippen LogP contribution in [0.4, 0.5) is 5.69 Å². The van der Waals surface area contributed by atoms with E-state index < -0.39 is 5.91 Å². The predicted octanol–water partition coefficient (Wildman–Crippen LogP) is 2.37. The molecule has 0 unspecified atom stereocenters. The number of fused-ring (bicyclic) bond motifs is 1. The fourth-order valence-corrected chi connectivity index (χ4v) is 3.28. The van der Waals surface area contributed by atoms with E-state index in [1.807, 2.05) is 24.3 Å². The Balaban J connectivity index is 1.47. The molecule has 8 heteroatoms. The van der Waals surface area contributed by atoms with Gasteiger partial charge >= 0.3 is 0 Å². The van der Waals surface area contributed by atoms with E-state index in [4.69, 9.17) is 4.74 Å². The van der Waals surface area contributed by atoms with Gasteiger partial charge in [0.1, 0.15) is 0 Å². The number of aromatic amines is 1. The highest BCUT2D eigenvalue weighted by molar-refractivity contribution is 6.13. The summed E-state index contributed by atoms with van der Waals surface area (Å²) in [5.74, 6) is -0.312. The minimum atomic E-state index is -0.399. The zero-order valence-corrected chi connectivity index (χ0v) is 15.3. The summed E-state index contributed by atoms with van der Waals surface area (Å²) in [5.41, 5.74) is 1.58. The molecule has 4 rings (SSSR count). The summed E-state index contributed by atoms with van der Waals surface area (Å²) in [6.07, 6.45) is 3.39. The number of hydrogen-bond donors (Lipinski definition) is 3. The SMILES string of the molecule is O=C(NCC1CCOCC1)c1ncccc1NC(=O)c1n[nH]c2ccccc12. The Labute approximate surface area is 161 Å². The number of nitrogens with one attached hydrogen (secondary N) is 3. The molecule has 3 aromatic rings. The van der Waals surface area contributed by atoms with Crippen molar-refractivity contribution in [3.05, 3.63) is 54.0 Å². The number of pyridine rings is 1. The summed E-state index contributed by atoms with van der Waals surface area (Å²) >= 11 is 0. The minimum absolute atomic E-state index is 0.183. The minimum Gasteiger partial charge on any atom is -0.381 e. The Morgan fingerprint density at radius 2 is 1.89 bits per heavy atom. The molecule has 28 heavy (non-hydrogen) atoms. The summed E-state index contributed by atoms with van der Waals surface area (Å²) in [6.45, 7) is 2.02. The Morgan fingerprint density at radius 3 is 2.75 bits per heavy atom. The van der Waals surface area contributed by atoms with Gasteiger partial charge in [0, 0.05) is 31.3 Å². The van der Waals surface area contributed by atoms with E-state index in [1.54, 1.807) is 12.1 Å². The smallest absolute Gasteiger partial charge is 0.276 e. The molecule has 1 saturated heterocycles. The molecule has 0 radical (unpaired) electrons. The van der Waals surface area contributed by atoms with Crippen LogP contribution in [0, 0.1) is 5.92 Å². The lowest BCUT2D eigenvalue weighted by atomic mass is 10.0. The zero-order chi connectivity index (χ0) is 19.3. The van der Waals surface area contributed by atoms with Crippen molar-refractivity contribution < 1.29 is 14.3 Å². The standard InChI is InChI=1S/C20H21N5O3/c26-19(22-12-13-7-10-28-11-8-13)18-16(6-3-9-21-18)23-20(27)17-14-4-1-2-5-15(14)24-25-17/h1-6,9,13H,7-8,10-12H2,(H,22,26)(H,23,27)(H,24,25). The number of carbonyl (C=O) groups excluding carboxylic acids is 2. The maximum atomic E-state index is 12.7. The van der Waals surface area contributed by atoms with Crippen LogP contribution in [0.5, 0.6) is 0 Å². The van der Waals surface area contributed by atoms with Crippen LogP contribution in [0.15, 0.2) is 42.6 Å². The monoisotopic (exact) mass is 379 g/mol. The number of anilines is 1. The van der Waals surface area contributed by atoms with Crippen LogP contribution in [-0.2, 0) is 4.74 Å². The largest absolute Gasteiger partial charge is 0.381 e. The highest BCUT2D eigenvalue weighted by atomic mass is 16.5. The lowest BCUT2D eigenvalue weighted by molar-refractivity contribution is 0.0642. The van der Waals surface area contributed by atoms with Crippen LogP contribution >= 0.6 is 0 Å². The van der Waals surface area contributed by atoms with Crippen LogP contribution in [0.3, 0.4) is 0 Å². The summed E-state index contributed by atoms with van der Waals surface area (Å²) in [5, 5.41) is 13.3. The van der Waals surface area contributed by atoms with E-state index in [-0.39, 0.29) is 17.3 Å². The first-order valence-corrected chi connectivity index (χ1v) is 9.28. The number of nitrogens with zero attached hydrogens (tertiary/aromatic N) is 2. The highest BCUT2D eigenvalue weighted by Gasteiger charge is 2.20. The number of hydrogen-bond acceptors (Lipinski definition) is 5. The average Bonchev–Trinajstić information content (AvgIpc) is 3.17. The Hall–Kier alpha value is -3.26. The molecule has 144 valence electrons. The summed E-state index contributed by atoms with van der Waals surface area (Å²) in [4.78, 5) is 29.5. The van der Waals surface area contributed by atoms with E-state index in [0.717, 1.165) is 37.0 Å². The zero-order valence-electron chi connectivity index (χ0n) is 15.3. The molecule has 3 N–H and O–H groups in total. The number of benzene rings is 1. The fraction of sp³-hybridized carbons (Fsp3) is 0.300. The maximum absolute atomic E-state index is 12.7. The van der Waals surface area contributed by atoms with Crippen LogP contribution in [-0.4, -0.2) is 46.8 Å². The van der Waals surface area contributed by atoms with Crippen molar-refractivity contribution in [3.63, 3.8) is 0 Å². The number of carbonyl (C=O) groups is 2. The summed E-state index contributed by atoms with van der Waals surface area (Å²) < 4.78 is 5.34. The molecule has 0 spiro atoms. The molecule has 0 aliphatic carbocycles. The Kier molecular flexibility index (Phi) is 5.29. The number of aromatic nitrogens is 3. The number of H-pyrrole nitrogens is 1. The Bertz CT molecular complexity index is 994. The number of para-hydroxylation sites is 1. The quantitative estimate of drug-likeness (QED) is 0.631. The molecule has 2 aromatic heterocycles. The van der Waals surface area contributed by atoms with Gasteiger partial charge in [-0.3, -0.25) is 14.7 Å². The second-order valence-electron chi connectivity index (χ2n) is 6.74. The molecule has 1 aliphatic heterocycles. The van der Waals surface area contributed by atoms with Gasteiger partial charge in [0.2, 0.25) is 0 Å². The van der Waals surface area contributed by atoms with Gasteiger partial charge in [-0.05, 0) is 37.0 Å². The van der Waals surface area contributed by atoms with Crippen LogP contribution in [0.1, 0.15) is 33.8 Å². The first-order valence-electron chi connectivity index (χ1n) is 9.28. The molecule has 1 fully saturated rings. The third kappa shape index (κ3) is 3.86. The second kappa shape index (κ2) is 8.18. The number of rotatable bonds is 5. The molecular formula is C20H21N5O3. The van der Waals surface area contributed by atoms with E-state index in [1.165, 1.54) is 6.20 Å². The van der Waals surface area contributed by atoms with Gasteiger partial charge in [0.05, 0.1) is 11.2 Å². The summed E-state index contributed by atoms with van der Waals surface area (Å²) in [6, 6.07) is 10.7. The molecule has 0 atom stereocenters. The number of ether oxygens (including phenoxy) is 1. The molecular weight excluding hydrogens is 358 g/mol. The van der Waals surface area contributed by atoms with Crippen LogP contribution < -0.4 is 10.6 Å². The van der Waals surface area contributed by atoms with E-state index in [2.05, 4.69) is 25.8 Å². The lowest BCUT2D eigenvalue weighted by Crippen LogP contribution is -2.33. The summed E-state index contributed by atoms with van der Waals surface area (Å²) in [7, 11) is 0. The van der Waals surface area contributed by atoms with Crippen molar-refractivity contribution in [1.82, 2.24) is 20.5 Å². The second-order valence-corrected chi connectivity index (χ2v) is 6.74. The molecule has 0 saturated carbocycles. The molecule has 0 bridgehead atoms. The van der Waals surface area contributed by atoms with Crippen LogP contribution in [0.2, 0.25) is 0 Å². The normalized spacial score (nSPS) is 14.7.